The van der Waals surface area contributed by atoms with Crippen LogP contribution in [-0.2, 0) is 9.84 Å². The number of hydrogen-bond acceptors (Lipinski definition) is 3. The normalized spacial score (nSPS) is 41.4. The summed E-state index contributed by atoms with van der Waals surface area (Å²) in [5.74, 6) is 4.30. The van der Waals surface area contributed by atoms with Crippen LogP contribution in [0.25, 0.3) is 0 Å². The molecule has 144 valence electrons. The van der Waals surface area contributed by atoms with E-state index in [2.05, 4.69) is 15.6 Å². The number of nitrogens with zero attached hydrogens (tertiary/aromatic N) is 1. The molecule has 1 aliphatic heterocycles. The molecule has 25 heavy (non-hydrogen) atoms. The minimum atomic E-state index is -2.85. The molecule has 0 aromatic heterocycles. The van der Waals surface area contributed by atoms with Gasteiger partial charge in [-0.3, -0.25) is 4.99 Å². The molecule has 2 N–H and O–H groups in total. The number of nitrogens with one attached hydrogen (secondary N) is 2. The van der Waals surface area contributed by atoms with E-state index in [1.165, 1.54) is 44.9 Å². The molecule has 5 fully saturated rings. The lowest BCUT2D eigenvalue weighted by Gasteiger charge is -2.57. The van der Waals surface area contributed by atoms with Gasteiger partial charge in [0, 0.05) is 19.6 Å². The lowest BCUT2D eigenvalue weighted by molar-refractivity contribution is -0.0562. The quantitative estimate of drug-likeness (QED) is 0.368. The molecule has 4 bridgehead atoms. The molecule has 1 atom stereocenters. The third kappa shape index (κ3) is 4.45. The molecule has 0 radical (unpaired) electrons. The molecule has 1 saturated heterocycles. The first-order valence-corrected chi connectivity index (χ1v) is 11.5. The van der Waals surface area contributed by atoms with E-state index in [4.69, 9.17) is 0 Å². The van der Waals surface area contributed by atoms with Crippen LogP contribution in [0.3, 0.4) is 0 Å². The Bertz CT molecular complexity index is 585. The second-order valence-corrected chi connectivity index (χ2v) is 11.1. The molecule has 0 spiro atoms. The predicted molar refractivity (Wildman–Crippen MR) is 112 cm³/mol. The van der Waals surface area contributed by atoms with Crippen molar-refractivity contribution in [3.05, 3.63) is 0 Å². The van der Waals surface area contributed by atoms with Crippen molar-refractivity contribution in [1.82, 2.24) is 10.6 Å². The van der Waals surface area contributed by atoms with Gasteiger partial charge in [-0.15, -0.1) is 24.0 Å². The van der Waals surface area contributed by atoms with Crippen LogP contribution < -0.4 is 10.6 Å². The summed E-state index contributed by atoms with van der Waals surface area (Å²) in [6, 6.07) is 0.0146. The zero-order chi connectivity index (χ0) is 16.8. The van der Waals surface area contributed by atoms with Gasteiger partial charge in [0.1, 0.15) is 0 Å². The minimum Gasteiger partial charge on any atom is -0.356 e. The van der Waals surface area contributed by atoms with Crippen molar-refractivity contribution in [2.45, 2.75) is 57.4 Å². The van der Waals surface area contributed by atoms with Crippen molar-refractivity contribution in [2.24, 2.45) is 28.2 Å². The third-order valence-electron chi connectivity index (χ3n) is 6.91. The van der Waals surface area contributed by atoms with Gasteiger partial charge < -0.3 is 10.6 Å². The molecule has 0 amide bonds. The molecule has 4 aliphatic carbocycles. The summed E-state index contributed by atoms with van der Waals surface area (Å²) < 4.78 is 23.2. The zero-order valence-electron chi connectivity index (χ0n) is 15.2. The average Bonchev–Trinajstić information content (AvgIpc) is 2.83. The molecular weight excluding hydrogens is 449 g/mol. The van der Waals surface area contributed by atoms with E-state index in [0.29, 0.717) is 17.6 Å². The molecule has 5 aliphatic rings. The Morgan fingerprint density at radius 2 is 1.72 bits per heavy atom. The maximum Gasteiger partial charge on any atom is 0.191 e. The first-order chi connectivity index (χ1) is 11.5. The largest absolute Gasteiger partial charge is 0.356 e. The summed E-state index contributed by atoms with van der Waals surface area (Å²) in [5.41, 5.74) is 0.581. The van der Waals surface area contributed by atoms with Crippen LogP contribution in [0.2, 0.25) is 0 Å². The second-order valence-electron chi connectivity index (χ2n) is 8.91. The van der Waals surface area contributed by atoms with Gasteiger partial charge in [-0.05, 0) is 74.5 Å². The van der Waals surface area contributed by atoms with Crippen molar-refractivity contribution < 1.29 is 8.42 Å². The first kappa shape index (κ1) is 19.7. The monoisotopic (exact) mass is 481 g/mol. The number of hydrogen-bond donors (Lipinski definition) is 2. The van der Waals surface area contributed by atoms with E-state index in [1.54, 1.807) is 7.05 Å². The van der Waals surface area contributed by atoms with E-state index in [0.717, 1.165) is 30.3 Å². The third-order valence-corrected chi connectivity index (χ3v) is 8.68. The number of aliphatic imine (C=N–C) groups is 1. The van der Waals surface area contributed by atoms with Gasteiger partial charge in [-0.2, -0.15) is 0 Å². The van der Waals surface area contributed by atoms with Gasteiger partial charge in [-0.1, -0.05) is 0 Å². The lowest BCUT2D eigenvalue weighted by Crippen LogP contribution is -2.49. The molecule has 0 aromatic carbocycles. The first-order valence-electron chi connectivity index (χ1n) is 9.63. The molecule has 1 heterocycles. The SMILES string of the molecule is CN=C(NCCC12CC3CC(CC(C3)C1)C2)NC1CCS(=O)(=O)C1.I. The highest BCUT2D eigenvalue weighted by Gasteiger charge is 2.50. The van der Waals surface area contributed by atoms with Crippen molar-refractivity contribution in [3.63, 3.8) is 0 Å². The molecule has 0 aromatic rings. The molecule has 1 unspecified atom stereocenters. The summed E-state index contributed by atoms with van der Waals surface area (Å²) in [7, 11) is -1.08. The van der Waals surface area contributed by atoms with Crippen molar-refractivity contribution in [2.75, 3.05) is 25.1 Å². The fourth-order valence-electron chi connectivity index (χ4n) is 6.34. The number of halogens is 1. The molecule has 7 heteroatoms. The standard InChI is InChI=1S/C18H31N3O2S.HI/c1-19-17(21-16-2-5-24(22,23)12-16)20-4-3-18-9-13-6-14(10-18)8-15(7-13)11-18;/h13-16H,2-12H2,1H3,(H2,19,20,21);1H. The highest BCUT2D eigenvalue weighted by Crippen LogP contribution is 2.61. The maximum atomic E-state index is 11.6. The Hall–Kier alpha value is -0.0500. The van der Waals surface area contributed by atoms with Gasteiger partial charge >= 0.3 is 0 Å². The van der Waals surface area contributed by atoms with Crippen LogP contribution in [0.4, 0.5) is 0 Å². The van der Waals surface area contributed by atoms with Gasteiger partial charge in [-0.25, -0.2) is 8.42 Å². The van der Waals surface area contributed by atoms with Gasteiger partial charge in [0.25, 0.3) is 0 Å². The summed E-state index contributed by atoms with van der Waals surface area (Å²) in [5, 5.41) is 6.73. The van der Waals surface area contributed by atoms with Gasteiger partial charge in [0.2, 0.25) is 0 Å². The van der Waals surface area contributed by atoms with Crippen molar-refractivity contribution in [1.29, 1.82) is 0 Å². The highest BCUT2D eigenvalue weighted by atomic mass is 127. The van der Waals surface area contributed by atoms with E-state index >= 15 is 0 Å². The van der Waals surface area contributed by atoms with Gasteiger partial charge in [0.15, 0.2) is 15.8 Å². The number of sulfone groups is 1. The smallest absolute Gasteiger partial charge is 0.191 e. The fraction of sp³-hybridized carbons (Fsp3) is 0.944. The summed E-state index contributed by atoms with van der Waals surface area (Å²) in [6.07, 6.45) is 10.7. The van der Waals surface area contributed by atoms with Crippen LogP contribution in [0.1, 0.15) is 51.4 Å². The molecular formula is C18H32IN3O2S. The predicted octanol–water partition coefficient (Wildman–Crippen LogP) is 2.56. The summed E-state index contributed by atoms with van der Waals surface area (Å²) in [6.45, 7) is 0.950. The number of guanidine groups is 1. The minimum absolute atomic E-state index is 0. The van der Waals surface area contributed by atoms with Crippen molar-refractivity contribution in [3.8, 4) is 0 Å². The Kier molecular flexibility index (Phi) is 5.93. The molecule has 4 saturated carbocycles. The Morgan fingerprint density at radius 1 is 1.12 bits per heavy atom. The van der Waals surface area contributed by atoms with E-state index in [1.807, 2.05) is 0 Å². The van der Waals surface area contributed by atoms with Crippen LogP contribution in [0.15, 0.2) is 4.99 Å². The van der Waals surface area contributed by atoms with Crippen molar-refractivity contribution >= 4 is 39.8 Å². The summed E-state index contributed by atoms with van der Waals surface area (Å²) >= 11 is 0. The van der Waals surface area contributed by atoms with Crippen LogP contribution in [0.5, 0.6) is 0 Å². The average molecular weight is 481 g/mol. The number of rotatable bonds is 4. The van der Waals surface area contributed by atoms with Crippen LogP contribution >= 0.6 is 24.0 Å². The fourth-order valence-corrected chi connectivity index (χ4v) is 8.01. The Balaban J connectivity index is 0.00000182. The molecule has 5 rings (SSSR count). The topological polar surface area (TPSA) is 70.6 Å². The zero-order valence-corrected chi connectivity index (χ0v) is 18.3. The van der Waals surface area contributed by atoms with E-state index < -0.39 is 9.84 Å². The van der Waals surface area contributed by atoms with E-state index in [9.17, 15) is 8.42 Å². The molecule has 5 nitrogen and oxygen atoms in total. The van der Waals surface area contributed by atoms with Crippen LogP contribution in [0, 0.1) is 23.2 Å². The Morgan fingerprint density at radius 3 is 2.20 bits per heavy atom. The van der Waals surface area contributed by atoms with Crippen LogP contribution in [-0.4, -0.2) is 45.5 Å². The van der Waals surface area contributed by atoms with Gasteiger partial charge in [0.05, 0.1) is 11.5 Å². The second kappa shape index (κ2) is 7.52. The highest BCUT2D eigenvalue weighted by molar-refractivity contribution is 14.0. The summed E-state index contributed by atoms with van der Waals surface area (Å²) in [4.78, 5) is 4.28. The van der Waals surface area contributed by atoms with E-state index in [-0.39, 0.29) is 35.8 Å². The maximum absolute atomic E-state index is 11.6. The Labute approximate surface area is 169 Å². The lowest BCUT2D eigenvalue weighted by atomic mass is 9.49.